The second-order valence-corrected chi connectivity index (χ2v) is 6.14. The van der Waals surface area contributed by atoms with Crippen LogP contribution in [-0.2, 0) is 11.2 Å². The molecule has 1 aromatic heterocycles. The Kier molecular flexibility index (Phi) is 5.63. The van der Waals surface area contributed by atoms with Gasteiger partial charge in [-0.05, 0) is 25.5 Å². The van der Waals surface area contributed by atoms with Crippen LogP contribution < -0.4 is 0 Å². The molecule has 0 bridgehead atoms. The minimum absolute atomic E-state index is 0.0447. The number of nitrogens with zero attached hydrogens (tertiary/aromatic N) is 2. The Morgan fingerprint density at radius 1 is 1.50 bits per heavy atom. The average molecular weight is 322 g/mol. The van der Waals surface area contributed by atoms with Gasteiger partial charge in [-0.25, -0.2) is 9.37 Å². The Labute approximate surface area is 133 Å². The quantitative estimate of drug-likeness (QED) is 0.890. The molecule has 2 aromatic rings. The first-order chi connectivity index (χ1) is 10.5. The minimum Gasteiger partial charge on any atom is -0.393 e. The van der Waals surface area contributed by atoms with Gasteiger partial charge in [0.15, 0.2) is 0 Å². The van der Waals surface area contributed by atoms with Crippen LogP contribution in [0.4, 0.5) is 4.39 Å². The highest BCUT2D eigenvalue weighted by atomic mass is 32.1. The average Bonchev–Trinajstić information content (AvgIpc) is 2.93. The van der Waals surface area contributed by atoms with Crippen molar-refractivity contribution in [3.8, 4) is 10.6 Å². The third-order valence-corrected chi connectivity index (χ3v) is 4.20. The summed E-state index contributed by atoms with van der Waals surface area (Å²) in [5, 5.41) is 11.8. The molecule has 0 aliphatic rings. The predicted octanol–water partition coefficient (Wildman–Crippen LogP) is 2.72. The Bertz CT molecular complexity index is 643. The van der Waals surface area contributed by atoms with Crippen LogP contribution in [0.5, 0.6) is 0 Å². The van der Waals surface area contributed by atoms with E-state index in [2.05, 4.69) is 4.98 Å². The Balaban J connectivity index is 1.98. The first kappa shape index (κ1) is 16.6. The second-order valence-electron chi connectivity index (χ2n) is 5.28. The summed E-state index contributed by atoms with van der Waals surface area (Å²) in [6, 6.07) is 6.25. The minimum atomic E-state index is -0.422. The first-order valence-corrected chi connectivity index (χ1v) is 7.96. The number of hydrogen-bond acceptors (Lipinski definition) is 4. The van der Waals surface area contributed by atoms with Gasteiger partial charge in [-0.3, -0.25) is 4.79 Å². The van der Waals surface area contributed by atoms with Crippen LogP contribution in [0.15, 0.2) is 29.6 Å². The number of halogens is 1. The van der Waals surface area contributed by atoms with Crippen LogP contribution in [0.3, 0.4) is 0 Å². The fourth-order valence-electron chi connectivity index (χ4n) is 1.94. The van der Waals surface area contributed by atoms with E-state index in [0.29, 0.717) is 29.2 Å². The van der Waals surface area contributed by atoms with Gasteiger partial charge >= 0.3 is 0 Å². The van der Waals surface area contributed by atoms with Gasteiger partial charge in [0.05, 0.1) is 18.2 Å². The number of carbonyl (C=O) groups excluding carboxylic acids is 1. The van der Waals surface area contributed by atoms with Crippen molar-refractivity contribution in [2.24, 2.45) is 0 Å². The van der Waals surface area contributed by atoms with Crippen molar-refractivity contribution in [3.05, 3.63) is 41.2 Å². The van der Waals surface area contributed by atoms with Gasteiger partial charge in [-0.1, -0.05) is 12.1 Å². The van der Waals surface area contributed by atoms with Gasteiger partial charge in [-0.2, -0.15) is 0 Å². The van der Waals surface area contributed by atoms with Crippen molar-refractivity contribution in [1.82, 2.24) is 9.88 Å². The van der Waals surface area contributed by atoms with Crippen LogP contribution in [0.1, 0.15) is 19.0 Å². The lowest BCUT2D eigenvalue weighted by atomic mass is 10.2. The molecule has 0 saturated heterocycles. The molecule has 0 fully saturated rings. The van der Waals surface area contributed by atoms with E-state index in [9.17, 15) is 14.3 Å². The molecule has 1 heterocycles. The third-order valence-electron chi connectivity index (χ3n) is 3.26. The summed E-state index contributed by atoms with van der Waals surface area (Å²) in [5.41, 5.74) is 1.39. The molecule has 0 aliphatic heterocycles. The Hall–Kier alpha value is -1.79. The molecule has 0 radical (unpaired) electrons. The zero-order chi connectivity index (χ0) is 16.1. The maximum Gasteiger partial charge on any atom is 0.228 e. The number of likely N-dealkylation sites (N-methyl/N-ethyl adjacent to an activating group) is 1. The fourth-order valence-corrected chi connectivity index (χ4v) is 2.75. The van der Waals surface area contributed by atoms with Gasteiger partial charge < -0.3 is 10.0 Å². The highest BCUT2D eigenvalue weighted by molar-refractivity contribution is 7.13. The van der Waals surface area contributed by atoms with Crippen molar-refractivity contribution in [3.63, 3.8) is 0 Å². The molecule has 118 valence electrons. The number of aliphatic hydroxyl groups is 1. The highest BCUT2D eigenvalue weighted by Crippen LogP contribution is 2.24. The number of aromatic nitrogens is 1. The van der Waals surface area contributed by atoms with Crippen LogP contribution in [0.25, 0.3) is 10.6 Å². The van der Waals surface area contributed by atoms with E-state index in [4.69, 9.17) is 0 Å². The van der Waals surface area contributed by atoms with Crippen LogP contribution in [0, 0.1) is 5.82 Å². The summed E-state index contributed by atoms with van der Waals surface area (Å²) in [7, 11) is 1.71. The van der Waals surface area contributed by atoms with Crippen molar-refractivity contribution in [2.45, 2.75) is 25.9 Å². The summed E-state index contributed by atoms with van der Waals surface area (Å²) in [4.78, 5) is 18.1. The van der Waals surface area contributed by atoms with Gasteiger partial charge in [0.2, 0.25) is 5.91 Å². The van der Waals surface area contributed by atoms with Gasteiger partial charge in [0, 0.05) is 24.5 Å². The highest BCUT2D eigenvalue weighted by Gasteiger charge is 2.13. The number of aliphatic hydroxyl groups excluding tert-OH is 1. The van der Waals surface area contributed by atoms with E-state index in [1.807, 2.05) is 5.38 Å². The molecule has 0 spiro atoms. The standard InChI is InChI=1S/C16H19FN2O2S/c1-11(20)6-7-19(2)15(21)9-14-10-22-16(18-14)12-4-3-5-13(17)8-12/h3-5,8,10-11,20H,6-7,9H2,1-2H3. The lowest BCUT2D eigenvalue weighted by Gasteiger charge is -2.17. The van der Waals surface area contributed by atoms with E-state index in [1.54, 1.807) is 31.0 Å². The topological polar surface area (TPSA) is 53.4 Å². The zero-order valence-corrected chi connectivity index (χ0v) is 13.4. The van der Waals surface area contributed by atoms with E-state index in [-0.39, 0.29) is 18.1 Å². The SMILES string of the molecule is CC(O)CCN(C)C(=O)Cc1csc(-c2cccc(F)c2)n1. The zero-order valence-electron chi connectivity index (χ0n) is 12.6. The van der Waals surface area contributed by atoms with Crippen molar-refractivity contribution in [1.29, 1.82) is 0 Å². The third kappa shape index (κ3) is 4.61. The molecule has 22 heavy (non-hydrogen) atoms. The molecule has 2 rings (SSSR count). The van der Waals surface area contributed by atoms with Gasteiger partial charge in [0.1, 0.15) is 10.8 Å². The molecular weight excluding hydrogens is 303 g/mol. The first-order valence-electron chi connectivity index (χ1n) is 7.08. The lowest BCUT2D eigenvalue weighted by Crippen LogP contribution is -2.30. The second kappa shape index (κ2) is 7.47. The summed E-state index contributed by atoms with van der Waals surface area (Å²) in [5.74, 6) is -0.347. The number of amides is 1. The van der Waals surface area contributed by atoms with Crippen molar-refractivity contribution in [2.75, 3.05) is 13.6 Å². The molecule has 0 saturated carbocycles. The summed E-state index contributed by atoms with van der Waals surface area (Å²) < 4.78 is 13.2. The summed E-state index contributed by atoms with van der Waals surface area (Å²) >= 11 is 1.39. The Morgan fingerprint density at radius 2 is 2.27 bits per heavy atom. The number of thiazole rings is 1. The lowest BCUT2D eigenvalue weighted by molar-refractivity contribution is -0.129. The molecule has 1 amide bonds. The summed E-state index contributed by atoms with van der Waals surface area (Å²) in [6.07, 6.45) is 0.338. The fraction of sp³-hybridized carbons (Fsp3) is 0.375. The van der Waals surface area contributed by atoms with Crippen molar-refractivity contribution < 1.29 is 14.3 Å². The van der Waals surface area contributed by atoms with Crippen LogP contribution >= 0.6 is 11.3 Å². The summed E-state index contributed by atoms with van der Waals surface area (Å²) in [6.45, 7) is 2.21. The maximum atomic E-state index is 13.2. The van der Waals surface area contributed by atoms with E-state index >= 15 is 0 Å². The number of carbonyl (C=O) groups is 1. The molecule has 6 heteroatoms. The van der Waals surface area contributed by atoms with E-state index < -0.39 is 6.10 Å². The number of hydrogen-bond donors (Lipinski definition) is 1. The molecule has 1 N–H and O–H groups in total. The normalized spacial score (nSPS) is 12.2. The van der Waals surface area contributed by atoms with Crippen molar-refractivity contribution >= 4 is 17.2 Å². The molecule has 0 aliphatic carbocycles. The Morgan fingerprint density at radius 3 is 2.95 bits per heavy atom. The smallest absolute Gasteiger partial charge is 0.228 e. The van der Waals surface area contributed by atoms with E-state index in [0.717, 1.165) is 0 Å². The number of rotatable bonds is 6. The molecular formula is C16H19FN2O2S. The van der Waals surface area contributed by atoms with Gasteiger partial charge in [0.25, 0.3) is 0 Å². The predicted molar refractivity (Wildman–Crippen MR) is 85.1 cm³/mol. The van der Waals surface area contributed by atoms with Gasteiger partial charge in [-0.15, -0.1) is 11.3 Å². The largest absolute Gasteiger partial charge is 0.393 e. The molecule has 1 atom stereocenters. The molecule has 1 unspecified atom stereocenters. The molecule has 4 nitrogen and oxygen atoms in total. The maximum absolute atomic E-state index is 13.2. The molecule has 1 aromatic carbocycles. The monoisotopic (exact) mass is 322 g/mol. The number of benzene rings is 1. The van der Waals surface area contributed by atoms with Crippen LogP contribution in [-0.4, -0.2) is 40.6 Å². The van der Waals surface area contributed by atoms with E-state index in [1.165, 1.54) is 23.5 Å². The van der Waals surface area contributed by atoms with Crippen LogP contribution in [0.2, 0.25) is 0 Å².